The molecule has 0 bridgehead atoms. The number of nitrogens with zero attached hydrogens (tertiary/aromatic N) is 2. The van der Waals surface area contributed by atoms with E-state index in [9.17, 15) is 25.1 Å². The van der Waals surface area contributed by atoms with Crippen molar-refractivity contribution in [1.29, 1.82) is 0 Å². The van der Waals surface area contributed by atoms with E-state index in [0.29, 0.717) is 31.5 Å². The smallest absolute Gasteiger partial charge is 0.325 e. The van der Waals surface area contributed by atoms with Crippen molar-refractivity contribution in [2.45, 2.75) is 25.0 Å². The van der Waals surface area contributed by atoms with Gasteiger partial charge in [0.1, 0.15) is 6.04 Å². The summed E-state index contributed by atoms with van der Waals surface area (Å²) in [4.78, 5) is 23.3. The molecule has 1 aliphatic rings. The number of benzene rings is 1. The van der Waals surface area contributed by atoms with E-state index in [1.807, 2.05) is 0 Å². The third kappa shape index (κ3) is 3.12. The molecular weight excluding hydrogens is 264 g/mol. The Kier molecular flexibility index (Phi) is 4.31. The van der Waals surface area contributed by atoms with E-state index in [1.54, 1.807) is 4.90 Å². The van der Waals surface area contributed by atoms with Crippen molar-refractivity contribution in [2.24, 2.45) is 0 Å². The van der Waals surface area contributed by atoms with Gasteiger partial charge in [0.05, 0.1) is 11.0 Å². The van der Waals surface area contributed by atoms with Crippen LogP contribution in [0.4, 0.5) is 5.69 Å². The monoisotopic (exact) mass is 280 g/mol. The summed E-state index contributed by atoms with van der Waals surface area (Å²) in [6.45, 7) is 0.990. The van der Waals surface area contributed by atoms with E-state index >= 15 is 0 Å². The minimum atomic E-state index is -0.991. The Bertz CT molecular complexity index is 494. The van der Waals surface area contributed by atoms with Crippen LogP contribution in [0.5, 0.6) is 0 Å². The zero-order valence-corrected chi connectivity index (χ0v) is 10.8. The molecule has 1 aliphatic heterocycles. The van der Waals surface area contributed by atoms with Gasteiger partial charge in [-0.2, -0.15) is 0 Å². The number of aliphatic hydroxyl groups excluding tert-OH is 1. The maximum atomic E-state index is 11.5. The summed E-state index contributed by atoms with van der Waals surface area (Å²) in [5, 5.41) is 29.5. The van der Waals surface area contributed by atoms with Crippen LogP contribution < -0.4 is 0 Å². The van der Waals surface area contributed by atoms with Gasteiger partial charge in [0.15, 0.2) is 0 Å². The number of piperidine rings is 1. The number of hydrogen-bond donors (Lipinski definition) is 2. The van der Waals surface area contributed by atoms with E-state index in [2.05, 4.69) is 0 Å². The van der Waals surface area contributed by atoms with Gasteiger partial charge in [-0.15, -0.1) is 0 Å². The molecule has 0 aromatic heterocycles. The average Bonchev–Trinajstić information content (AvgIpc) is 2.41. The molecule has 1 heterocycles. The van der Waals surface area contributed by atoms with Crippen LogP contribution in [0.1, 0.15) is 24.4 Å². The molecule has 1 atom stereocenters. The molecule has 0 spiro atoms. The standard InChI is InChI=1S/C13H16N2O5/c16-11-5-7-14(8-6-11)12(13(17)18)9-1-3-10(4-2-9)15(19)20/h1-4,11-12,16H,5-8H2,(H,17,18). The number of carboxylic acid groups (broad SMARTS) is 1. The fraction of sp³-hybridized carbons (Fsp3) is 0.462. The van der Waals surface area contributed by atoms with E-state index in [4.69, 9.17) is 0 Å². The lowest BCUT2D eigenvalue weighted by atomic mass is 10.0. The molecule has 2 N–H and O–H groups in total. The number of rotatable bonds is 4. The second-order valence-corrected chi connectivity index (χ2v) is 4.86. The number of nitro benzene ring substituents is 1. The minimum absolute atomic E-state index is 0.0630. The normalized spacial score (nSPS) is 18.6. The molecule has 0 saturated carbocycles. The summed E-state index contributed by atoms with van der Waals surface area (Å²) < 4.78 is 0. The van der Waals surface area contributed by atoms with Crippen LogP contribution in [-0.2, 0) is 4.79 Å². The highest BCUT2D eigenvalue weighted by Crippen LogP contribution is 2.26. The van der Waals surface area contributed by atoms with Gasteiger partial charge < -0.3 is 10.2 Å². The predicted molar refractivity (Wildman–Crippen MR) is 70.3 cm³/mol. The number of likely N-dealkylation sites (tertiary alicyclic amines) is 1. The number of non-ortho nitro benzene ring substituents is 1. The summed E-state index contributed by atoms with van der Waals surface area (Å²) in [6, 6.07) is 4.74. The van der Waals surface area contributed by atoms with Crippen molar-refractivity contribution in [2.75, 3.05) is 13.1 Å². The van der Waals surface area contributed by atoms with Crippen molar-refractivity contribution >= 4 is 11.7 Å². The molecule has 0 aliphatic carbocycles. The second-order valence-electron chi connectivity index (χ2n) is 4.86. The van der Waals surface area contributed by atoms with E-state index in [0.717, 1.165) is 0 Å². The first-order chi connectivity index (χ1) is 9.49. The SMILES string of the molecule is O=C(O)C(c1ccc([N+](=O)[O-])cc1)N1CCC(O)CC1. The zero-order chi connectivity index (χ0) is 14.7. The lowest BCUT2D eigenvalue weighted by Crippen LogP contribution is -2.41. The van der Waals surface area contributed by atoms with Crippen molar-refractivity contribution < 1.29 is 19.9 Å². The summed E-state index contributed by atoms with van der Waals surface area (Å²) in [5.41, 5.74) is 0.450. The van der Waals surface area contributed by atoms with Crippen LogP contribution >= 0.6 is 0 Å². The quantitative estimate of drug-likeness (QED) is 0.634. The van der Waals surface area contributed by atoms with Gasteiger partial charge in [-0.3, -0.25) is 19.8 Å². The number of nitro groups is 1. The molecular formula is C13H16N2O5. The summed E-state index contributed by atoms with van der Waals surface area (Å²) in [5.74, 6) is -0.991. The van der Waals surface area contributed by atoms with Crippen LogP contribution in [0.2, 0.25) is 0 Å². The molecule has 1 saturated heterocycles. The van der Waals surface area contributed by atoms with Gasteiger partial charge in [0.25, 0.3) is 5.69 Å². The molecule has 0 radical (unpaired) electrons. The first-order valence-electron chi connectivity index (χ1n) is 6.38. The molecule has 1 fully saturated rings. The number of carboxylic acids is 1. The molecule has 108 valence electrons. The lowest BCUT2D eigenvalue weighted by molar-refractivity contribution is -0.384. The summed E-state index contributed by atoms with van der Waals surface area (Å²) >= 11 is 0. The Morgan fingerprint density at radius 2 is 1.85 bits per heavy atom. The van der Waals surface area contributed by atoms with Crippen LogP contribution in [0.25, 0.3) is 0 Å². The fourth-order valence-corrected chi connectivity index (χ4v) is 2.43. The third-order valence-corrected chi connectivity index (χ3v) is 3.52. The van der Waals surface area contributed by atoms with E-state index in [1.165, 1.54) is 24.3 Å². The molecule has 7 heteroatoms. The van der Waals surface area contributed by atoms with E-state index < -0.39 is 16.9 Å². The molecule has 0 amide bonds. The predicted octanol–water partition coefficient (Wildman–Crippen LogP) is 1.18. The van der Waals surface area contributed by atoms with Crippen molar-refractivity contribution in [1.82, 2.24) is 4.90 Å². The van der Waals surface area contributed by atoms with Crippen LogP contribution in [-0.4, -0.2) is 45.2 Å². The van der Waals surface area contributed by atoms with Gasteiger partial charge in [-0.1, -0.05) is 12.1 Å². The first-order valence-corrected chi connectivity index (χ1v) is 6.38. The maximum absolute atomic E-state index is 11.5. The Labute approximate surface area is 115 Å². The van der Waals surface area contributed by atoms with Crippen LogP contribution in [0.3, 0.4) is 0 Å². The Hall–Kier alpha value is -1.99. The van der Waals surface area contributed by atoms with Crippen LogP contribution in [0, 0.1) is 10.1 Å². The summed E-state index contributed by atoms with van der Waals surface area (Å²) in [7, 11) is 0. The average molecular weight is 280 g/mol. The Balaban J connectivity index is 2.20. The highest BCUT2D eigenvalue weighted by atomic mass is 16.6. The zero-order valence-electron chi connectivity index (χ0n) is 10.8. The molecule has 1 aromatic rings. The topological polar surface area (TPSA) is 104 Å². The largest absolute Gasteiger partial charge is 0.480 e. The van der Waals surface area contributed by atoms with Crippen LogP contribution in [0.15, 0.2) is 24.3 Å². The van der Waals surface area contributed by atoms with Crippen molar-refractivity contribution in [3.05, 3.63) is 39.9 Å². The highest BCUT2D eigenvalue weighted by Gasteiger charge is 2.30. The number of hydrogen-bond acceptors (Lipinski definition) is 5. The second kappa shape index (κ2) is 5.98. The maximum Gasteiger partial charge on any atom is 0.325 e. The molecule has 7 nitrogen and oxygen atoms in total. The summed E-state index contributed by atoms with van der Waals surface area (Å²) in [6.07, 6.45) is 0.700. The van der Waals surface area contributed by atoms with Gasteiger partial charge in [-0.25, -0.2) is 0 Å². The minimum Gasteiger partial charge on any atom is -0.480 e. The third-order valence-electron chi connectivity index (χ3n) is 3.52. The van der Waals surface area contributed by atoms with Gasteiger partial charge in [0, 0.05) is 25.2 Å². The Morgan fingerprint density at radius 1 is 1.30 bits per heavy atom. The number of carbonyl (C=O) groups is 1. The van der Waals surface area contributed by atoms with Crippen molar-refractivity contribution in [3.63, 3.8) is 0 Å². The lowest BCUT2D eigenvalue weighted by Gasteiger charge is -2.34. The van der Waals surface area contributed by atoms with Gasteiger partial charge >= 0.3 is 5.97 Å². The molecule has 1 unspecified atom stereocenters. The molecule has 20 heavy (non-hydrogen) atoms. The van der Waals surface area contributed by atoms with Gasteiger partial charge in [0.2, 0.25) is 0 Å². The fourth-order valence-electron chi connectivity index (χ4n) is 2.43. The van der Waals surface area contributed by atoms with Crippen molar-refractivity contribution in [3.8, 4) is 0 Å². The number of aliphatic hydroxyl groups is 1. The first kappa shape index (κ1) is 14.4. The van der Waals surface area contributed by atoms with Gasteiger partial charge in [-0.05, 0) is 18.4 Å². The molecule has 2 rings (SSSR count). The molecule has 1 aromatic carbocycles. The highest BCUT2D eigenvalue weighted by molar-refractivity contribution is 5.75. The number of aliphatic carboxylic acids is 1. The Morgan fingerprint density at radius 3 is 2.30 bits per heavy atom. The van der Waals surface area contributed by atoms with E-state index in [-0.39, 0.29) is 11.8 Å².